The second-order valence-corrected chi connectivity index (χ2v) is 12.5. The number of ether oxygens (including phenoxy) is 2. The fourth-order valence-corrected chi connectivity index (χ4v) is 6.38. The molecular formula is C37H34N4O5S2. The molecule has 9 nitrogen and oxygen atoms in total. The van der Waals surface area contributed by atoms with E-state index < -0.39 is 17.1 Å². The molecule has 0 saturated heterocycles. The van der Waals surface area contributed by atoms with Crippen LogP contribution in [0.2, 0.25) is 0 Å². The van der Waals surface area contributed by atoms with E-state index in [2.05, 4.69) is 20.9 Å². The Labute approximate surface area is 287 Å². The molecule has 0 fully saturated rings. The molecule has 3 N–H and O–H groups in total. The molecule has 0 aliphatic rings. The van der Waals surface area contributed by atoms with E-state index in [0.29, 0.717) is 39.9 Å². The first kappa shape index (κ1) is 34.0. The Balaban J connectivity index is 1.31. The van der Waals surface area contributed by atoms with Crippen molar-refractivity contribution in [3.05, 3.63) is 125 Å². The largest absolute Gasteiger partial charge is 0.493 e. The SMILES string of the molecule is CCC(Sc1cccc(NC(=O)/C(=C\c2ccc(OC)c(OC)c2)NC(=O)c2ccccc2)c1)C(=O)Nc1nc(-c2ccccc2)cs1. The molecule has 1 atom stereocenters. The Kier molecular flexibility index (Phi) is 11.6. The summed E-state index contributed by atoms with van der Waals surface area (Å²) in [7, 11) is 3.06. The van der Waals surface area contributed by atoms with Gasteiger partial charge in [-0.2, -0.15) is 0 Å². The van der Waals surface area contributed by atoms with Gasteiger partial charge in [-0.1, -0.05) is 67.6 Å². The van der Waals surface area contributed by atoms with Gasteiger partial charge in [-0.3, -0.25) is 14.4 Å². The topological polar surface area (TPSA) is 119 Å². The molecule has 0 aliphatic heterocycles. The monoisotopic (exact) mass is 678 g/mol. The number of rotatable bonds is 13. The van der Waals surface area contributed by atoms with Crippen LogP contribution >= 0.6 is 23.1 Å². The smallest absolute Gasteiger partial charge is 0.272 e. The van der Waals surface area contributed by atoms with Gasteiger partial charge in [0, 0.05) is 27.1 Å². The molecule has 3 amide bonds. The average molecular weight is 679 g/mol. The number of amides is 3. The Morgan fingerprint density at radius 3 is 2.29 bits per heavy atom. The van der Waals surface area contributed by atoms with Gasteiger partial charge in [0.05, 0.1) is 25.2 Å². The Morgan fingerprint density at radius 1 is 0.854 bits per heavy atom. The minimum atomic E-state index is -0.529. The van der Waals surface area contributed by atoms with Gasteiger partial charge in [0.25, 0.3) is 11.8 Å². The fourth-order valence-electron chi connectivity index (χ4n) is 4.64. The Morgan fingerprint density at radius 2 is 1.58 bits per heavy atom. The van der Waals surface area contributed by atoms with E-state index in [9.17, 15) is 14.4 Å². The number of anilines is 2. The number of nitrogens with zero attached hydrogens (tertiary/aromatic N) is 1. The summed E-state index contributed by atoms with van der Waals surface area (Å²) in [6.45, 7) is 1.95. The van der Waals surface area contributed by atoms with Crippen molar-refractivity contribution in [1.29, 1.82) is 0 Å². The fraction of sp³-hybridized carbons (Fsp3) is 0.135. The third-order valence-corrected chi connectivity index (χ3v) is 9.20. The molecule has 5 rings (SSSR count). The van der Waals surface area contributed by atoms with E-state index in [-0.39, 0.29) is 11.6 Å². The quantitative estimate of drug-likeness (QED) is 0.0861. The lowest BCUT2D eigenvalue weighted by atomic mass is 10.1. The molecule has 0 aliphatic carbocycles. The average Bonchev–Trinajstić information content (AvgIpc) is 3.59. The van der Waals surface area contributed by atoms with Crippen molar-refractivity contribution < 1.29 is 23.9 Å². The number of aromatic nitrogens is 1. The van der Waals surface area contributed by atoms with Crippen molar-refractivity contribution in [2.24, 2.45) is 0 Å². The van der Waals surface area contributed by atoms with E-state index in [1.807, 2.05) is 54.8 Å². The van der Waals surface area contributed by atoms with E-state index in [4.69, 9.17) is 9.47 Å². The molecule has 0 radical (unpaired) electrons. The highest BCUT2D eigenvalue weighted by molar-refractivity contribution is 8.00. The van der Waals surface area contributed by atoms with Crippen molar-refractivity contribution in [2.75, 3.05) is 24.9 Å². The predicted molar refractivity (Wildman–Crippen MR) is 193 cm³/mol. The maximum atomic E-state index is 13.6. The zero-order valence-electron chi connectivity index (χ0n) is 26.6. The molecule has 244 valence electrons. The number of methoxy groups -OCH3 is 2. The van der Waals surface area contributed by atoms with Crippen LogP contribution in [0.15, 0.2) is 119 Å². The first-order chi connectivity index (χ1) is 23.4. The van der Waals surface area contributed by atoms with Crippen LogP contribution in [-0.2, 0) is 9.59 Å². The molecule has 4 aromatic carbocycles. The third-order valence-electron chi connectivity index (χ3n) is 7.08. The highest BCUT2D eigenvalue weighted by Crippen LogP contribution is 2.31. The minimum Gasteiger partial charge on any atom is -0.493 e. The first-order valence-electron chi connectivity index (χ1n) is 15.1. The van der Waals surface area contributed by atoms with Crippen LogP contribution in [0, 0.1) is 0 Å². The van der Waals surface area contributed by atoms with Gasteiger partial charge in [-0.05, 0) is 60.5 Å². The predicted octanol–water partition coefficient (Wildman–Crippen LogP) is 7.75. The van der Waals surface area contributed by atoms with Gasteiger partial charge in [0.1, 0.15) is 5.70 Å². The maximum Gasteiger partial charge on any atom is 0.272 e. The van der Waals surface area contributed by atoms with Crippen LogP contribution in [0.5, 0.6) is 11.5 Å². The van der Waals surface area contributed by atoms with E-state index >= 15 is 0 Å². The summed E-state index contributed by atoms with van der Waals surface area (Å²) in [6.07, 6.45) is 2.14. The van der Waals surface area contributed by atoms with Gasteiger partial charge in [0.15, 0.2) is 16.6 Å². The van der Waals surface area contributed by atoms with E-state index in [0.717, 1.165) is 16.2 Å². The number of thioether (sulfide) groups is 1. The minimum absolute atomic E-state index is 0.0262. The van der Waals surface area contributed by atoms with Gasteiger partial charge in [0.2, 0.25) is 5.91 Å². The van der Waals surface area contributed by atoms with Crippen LogP contribution < -0.4 is 25.4 Å². The number of benzene rings is 4. The first-order valence-corrected chi connectivity index (χ1v) is 16.8. The molecule has 11 heteroatoms. The molecule has 0 bridgehead atoms. The molecule has 1 unspecified atom stereocenters. The lowest BCUT2D eigenvalue weighted by molar-refractivity contribution is -0.116. The molecule has 1 heterocycles. The van der Waals surface area contributed by atoms with Gasteiger partial charge in [-0.25, -0.2) is 4.98 Å². The summed E-state index contributed by atoms with van der Waals surface area (Å²) >= 11 is 2.77. The van der Waals surface area contributed by atoms with Crippen molar-refractivity contribution in [2.45, 2.75) is 23.5 Å². The second-order valence-electron chi connectivity index (χ2n) is 10.4. The third kappa shape index (κ3) is 8.90. The Hall–Kier alpha value is -5.39. The summed E-state index contributed by atoms with van der Waals surface area (Å²) in [4.78, 5) is 45.3. The normalized spacial score (nSPS) is 11.7. The van der Waals surface area contributed by atoms with Crippen LogP contribution in [0.25, 0.3) is 17.3 Å². The number of hydrogen-bond donors (Lipinski definition) is 3. The number of hydrogen-bond acceptors (Lipinski definition) is 8. The maximum absolute atomic E-state index is 13.6. The number of carbonyl (C=O) groups is 3. The number of thiazole rings is 1. The van der Waals surface area contributed by atoms with Gasteiger partial charge in [-0.15, -0.1) is 23.1 Å². The molecule has 48 heavy (non-hydrogen) atoms. The highest BCUT2D eigenvalue weighted by atomic mass is 32.2. The summed E-state index contributed by atoms with van der Waals surface area (Å²) < 4.78 is 10.7. The van der Waals surface area contributed by atoms with E-state index in [1.165, 1.54) is 37.3 Å². The van der Waals surface area contributed by atoms with Crippen molar-refractivity contribution in [1.82, 2.24) is 10.3 Å². The Bertz CT molecular complexity index is 1910. The summed E-state index contributed by atoms with van der Waals surface area (Å²) in [5, 5.41) is 10.6. The van der Waals surface area contributed by atoms with E-state index in [1.54, 1.807) is 66.7 Å². The molecule has 0 saturated carbocycles. The van der Waals surface area contributed by atoms with Gasteiger partial charge < -0.3 is 25.4 Å². The lowest BCUT2D eigenvalue weighted by Gasteiger charge is -2.15. The molecular weight excluding hydrogens is 645 g/mol. The molecule has 0 spiro atoms. The zero-order valence-corrected chi connectivity index (χ0v) is 28.2. The highest BCUT2D eigenvalue weighted by Gasteiger charge is 2.21. The molecule has 1 aromatic heterocycles. The van der Waals surface area contributed by atoms with Gasteiger partial charge >= 0.3 is 0 Å². The van der Waals surface area contributed by atoms with Crippen LogP contribution in [0.1, 0.15) is 29.3 Å². The van der Waals surface area contributed by atoms with Crippen LogP contribution in [-0.4, -0.2) is 42.2 Å². The second kappa shape index (κ2) is 16.4. The van der Waals surface area contributed by atoms with Crippen LogP contribution in [0.3, 0.4) is 0 Å². The molecule has 5 aromatic rings. The zero-order chi connectivity index (χ0) is 33.9. The lowest BCUT2D eigenvalue weighted by Crippen LogP contribution is -2.30. The van der Waals surface area contributed by atoms with Crippen molar-refractivity contribution in [3.8, 4) is 22.8 Å². The number of carbonyl (C=O) groups excluding carboxylic acids is 3. The van der Waals surface area contributed by atoms with Crippen molar-refractivity contribution in [3.63, 3.8) is 0 Å². The van der Waals surface area contributed by atoms with Crippen molar-refractivity contribution >= 4 is 57.7 Å². The van der Waals surface area contributed by atoms with Crippen LogP contribution in [0.4, 0.5) is 10.8 Å². The summed E-state index contributed by atoms with van der Waals surface area (Å²) in [5.41, 5.74) is 3.33. The summed E-state index contributed by atoms with van der Waals surface area (Å²) in [5.74, 6) is -0.111. The number of nitrogens with one attached hydrogen (secondary N) is 3. The summed E-state index contributed by atoms with van der Waals surface area (Å²) in [6, 6.07) is 30.8. The standard InChI is InChI=1S/C37H34N4O5S2/c1-4-33(36(44)41-37-40-30(23-47-37)25-12-7-5-8-13-25)48-28-17-11-16-27(22-28)38-35(43)29(39-34(42)26-14-9-6-10-15-26)20-24-18-19-31(45-2)32(21-24)46-3/h5-23,33H,4H2,1-3H3,(H,38,43)(H,39,42)(H,40,41,44)/b29-20+.